The smallest absolute Gasteiger partial charge is 0.262 e. The van der Waals surface area contributed by atoms with Gasteiger partial charge in [-0.2, -0.15) is 0 Å². The van der Waals surface area contributed by atoms with Gasteiger partial charge in [0.05, 0.1) is 17.7 Å². The number of carbonyl (C=O) groups is 1. The topological polar surface area (TPSA) is 93.7 Å². The van der Waals surface area contributed by atoms with Crippen LogP contribution < -0.4 is 19.5 Å². The summed E-state index contributed by atoms with van der Waals surface area (Å²) in [4.78, 5) is 11.9. The van der Waals surface area contributed by atoms with Crippen molar-refractivity contribution in [2.45, 2.75) is 4.90 Å². The zero-order chi connectivity index (χ0) is 22.4. The van der Waals surface area contributed by atoms with Crippen molar-refractivity contribution in [3.05, 3.63) is 78.4 Å². The molecule has 0 bridgehead atoms. The van der Waals surface area contributed by atoms with Crippen LogP contribution in [-0.4, -0.2) is 28.0 Å². The molecule has 10 heteroatoms. The van der Waals surface area contributed by atoms with Crippen molar-refractivity contribution in [2.24, 2.45) is 0 Å². The number of ether oxygens (including phenoxy) is 2. The summed E-state index contributed by atoms with van der Waals surface area (Å²) in [7, 11) is -2.36. The van der Waals surface area contributed by atoms with Crippen LogP contribution in [0.5, 0.6) is 11.5 Å². The predicted octanol–water partition coefficient (Wildman–Crippen LogP) is 3.79. The van der Waals surface area contributed by atoms with Crippen LogP contribution in [0.15, 0.2) is 71.6 Å². The quantitative estimate of drug-likeness (QED) is 0.547. The SMILES string of the molecule is COc1cccc(NS(=O)(=O)c2ccc(OCC(=O)Nc3ccc(F)c(F)c3)cc2)c1. The maximum Gasteiger partial charge on any atom is 0.262 e. The molecular formula is C21H18F2N2O5S. The molecule has 1 amide bonds. The Bertz CT molecular complexity index is 1180. The van der Waals surface area contributed by atoms with Gasteiger partial charge in [0.1, 0.15) is 11.5 Å². The minimum atomic E-state index is -3.84. The first kappa shape index (κ1) is 22.0. The lowest BCUT2D eigenvalue weighted by molar-refractivity contribution is -0.118. The molecule has 31 heavy (non-hydrogen) atoms. The van der Waals surface area contributed by atoms with E-state index in [1.54, 1.807) is 24.3 Å². The van der Waals surface area contributed by atoms with E-state index in [4.69, 9.17) is 9.47 Å². The molecule has 3 rings (SSSR count). The number of amides is 1. The van der Waals surface area contributed by atoms with Crippen molar-refractivity contribution in [1.82, 2.24) is 0 Å². The molecule has 0 saturated heterocycles. The molecule has 0 aliphatic rings. The van der Waals surface area contributed by atoms with Crippen LogP contribution in [-0.2, 0) is 14.8 Å². The number of halogens is 2. The third kappa shape index (κ3) is 5.92. The molecule has 0 saturated carbocycles. The molecule has 3 aromatic carbocycles. The van der Waals surface area contributed by atoms with Gasteiger partial charge in [-0.15, -0.1) is 0 Å². The number of nitrogens with one attached hydrogen (secondary N) is 2. The molecule has 0 unspecified atom stereocenters. The first-order valence-electron chi connectivity index (χ1n) is 8.91. The monoisotopic (exact) mass is 448 g/mol. The van der Waals surface area contributed by atoms with E-state index in [-0.39, 0.29) is 16.3 Å². The molecule has 162 valence electrons. The Kier molecular flexibility index (Phi) is 6.71. The first-order chi connectivity index (χ1) is 14.8. The maximum absolute atomic E-state index is 13.2. The number of methoxy groups -OCH3 is 1. The molecule has 2 N–H and O–H groups in total. The second-order valence-corrected chi connectivity index (χ2v) is 7.96. The third-order valence-corrected chi connectivity index (χ3v) is 5.43. The molecule has 0 atom stereocenters. The molecule has 0 fully saturated rings. The van der Waals surface area contributed by atoms with Crippen molar-refractivity contribution in [3.8, 4) is 11.5 Å². The summed E-state index contributed by atoms with van der Waals surface area (Å²) in [5.74, 6) is -1.95. The summed E-state index contributed by atoms with van der Waals surface area (Å²) in [5, 5.41) is 2.37. The van der Waals surface area contributed by atoms with Crippen LogP contribution in [0, 0.1) is 11.6 Å². The summed E-state index contributed by atoms with van der Waals surface area (Å²) < 4.78 is 63.9. The average molecular weight is 448 g/mol. The highest BCUT2D eigenvalue weighted by atomic mass is 32.2. The molecule has 0 radical (unpaired) electrons. The van der Waals surface area contributed by atoms with Crippen LogP contribution >= 0.6 is 0 Å². The molecule has 0 spiro atoms. The van der Waals surface area contributed by atoms with Crippen LogP contribution in [0.4, 0.5) is 20.2 Å². The van der Waals surface area contributed by atoms with Gasteiger partial charge in [0.25, 0.3) is 15.9 Å². The summed E-state index contributed by atoms with van der Waals surface area (Å²) in [5.41, 5.74) is 0.422. The highest BCUT2D eigenvalue weighted by Crippen LogP contribution is 2.22. The highest BCUT2D eigenvalue weighted by molar-refractivity contribution is 7.92. The van der Waals surface area contributed by atoms with Gasteiger partial charge in [-0.05, 0) is 48.5 Å². The number of hydrogen-bond donors (Lipinski definition) is 2. The van der Waals surface area contributed by atoms with Gasteiger partial charge in [-0.3, -0.25) is 9.52 Å². The van der Waals surface area contributed by atoms with Crippen LogP contribution in [0.2, 0.25) is 0 Å². The fourth-order valence-electron chi connectivity index (χ4n) is 2.54. The van der Waals surface area contributed by atoms with Gasteiger partial charge in [0.15, 0.2) is 18.2 Å². The summed E-state index contributed by atoms with van der Waals surface area (Å²) in [6.07, 6.45) is 0. The summed E-state index contributed by atoms with van der Waals surface area (Å²) in [6.45, 7) is -0.410. The third-order valence-electron chi connectivity index (χ3n) is 4.03. The van der Waals surface area contributed by atoms with Gasteiger partial charge in [-0.1, -0.05) is 6.07 Å². The van der Waals surface area contributed by atoms with Crippen molar-refractivity contribution in [2.75, 3.05) is 23.8 Å². The lowest BCUT2D eigenvalue weighted by Gasteiger charge is -2.11. The molecular weight excluding hydrogens is 430 g/mol. The molecule has 3 aromatic rings. The van der Waals surface area contributed by atoms with E-state index in [2.05, 4.69) is 10.0 Å². The Balaban J connectivity index is 1.58. The molecule has 0 aromatic heterocycles. The summed E-state index contributed by atoms with van der Waals surface area (Å²) >= 11 is 0. The van der Waals surface area contributed by atoms with E-state index in [1.807, 2.05) is 0 Å². The predicted molar refractivity (Wildman–Crippen MR) is 111 cm³/mol. The minimum absolute atomic E-state index is 0.00564. The van der Waals surface area contributed by atoms with Gasteiger partial charge < -0.3 is 14.8 Å². The minimum Gasteiger partial charge on any atom is -0.497 e. The molecule has 0 aliphatic carbocycles. The van der Waals surface area contributed by atoms with Crippen LogP contribution in [0.3, 0.4) is 0 Å². The number of carbonyl (C=O) groups excluding carboxylic acids is 1. The Morgan fingerprint density at radius 2 is 1.65 bits per heavy atom. The zero-order valence-electron chi connectivity index (χ0n) is 16.3. The summed E-state index contributed by atoms with van der Waals surface area (Å²) in [6, 6.07) is 14.9. The Hall–Kier alpha value is -3.66. The van der Waals surface area contributed by atoms with E-state index in [0.29, 0.717) is 11.4 Å². The van der Waals surface area contributed by atoms with Crippen molar-refractivity contribution in [1.29, 1.82) is 0 Å². The lowest BCUT2D eigenvalue weighted by atomic mass is 10.3. The Morgan fingerprint density at radius 1 is 0.903 bits per heavy atom. The Morgan fingerprint density at radius 3 is 2.32 bits per heavy atom. The lowest BCUT2D eigenvalue weighted by Crippen LogP contribution is -2.20. The normalized spacial score (nSPS) is 10.9. The molecule has 7 nitrogen and oxygen atoms in total. The number of benzene rings is 3. The average Bonchev–Trinajstić information content (AvgIpc) is 2.75. The van der Waals surface area contributed by atoms with E-state index >= 15 is 0 Å². The number of rotatable bonds is 8. The fraction of sp³-hybridized carbons (Fsp3) is 0.0952. The van der Waals surface area contributed by atoms with Gasteiger partial charge in [0, 0.05) is 17.8 Å². The first-order valence-corrected chi connectivity index (χ1v) is 10.4. The standard InChI is InChI=1S/C21H18F2N2O5S/c1-29-17-4-2-3-15(11-17)25-31(27,28)18-8-6-16(7-9-18)30-13-21(26)24-14-5-10-19(22)20(23)12-14/h2-12,25H,13H2,1H3,(H,24,26). The van der Waals surface area contributed by atoms with Crippen molar-refractivity contribution < 1.29 is 31.5 Å². The largest absolute Gasteiger partial charge is 0.497 e. The second kappa shape index (κ2) is 9.43. The van der Waals surface area contributed by atoms with Gasteiger partial charge in [-0.25, -0.2) is 17.2 Å². The van der Waals surface area contributed by atoms with Gasteiger partial charge in [0.2, 0.25) is 0 Å². The van der Waals surface area contributed by atoms with Crippen LogP contribution in [0.25, 0.3) is 0 Å². The number of hydrogen-bond acceptors (Lipinski definition) is 5. The van der Waals surface area contributed by atoms with E-state index in [1.165, 1.54) is 37.4 Å². The number of anilines is 2. The molecule has 0 heterocycles. The number of sulfonamides is 1. The van der Waals surface area contributed by atoms with E-state index < -0.39 is 34.2 Å². The van der Waals surface area contributed by atoms with Gasteiger partial charge >= 0.3 is 0 Å². The van der Waals surface area contributed by atoms with Crippen molar-refractivity contribution >= 4 is 27.3 Å². The second-order valence-electron chi connectivity index (χ2n) is 6.27. The fourth-order valence-corrected chi connectivity index (χ4v) is 3.59. The van der Waals surface area contributed by atoms with Crippen molar-refractivity contribution in [3.63, 3.8) is 0 Å². The Labute approximate surface area is 177 Å². The maximum atomic E-state index is 13.2. The highest BCUT2D eigenvalue weighted by Gasteiger charge is 2.15. The zero-order valence-corrected chi connectivity index (χ0v) is 17.1. The van der Waals surface area contributed by atoms with Crippen LogP contribution in [0.1, 0.15) is 0 Å². The van der Waals surface area contributed by atoms with E-state index in [9.17, 15) is 22.0 Å². The molecule has 0 aliphatic heterocycles. The van der Waals surface area contributed by atoms with E-state index in [0.717, 1.165) is 12.1 Å².